The van der Waals surface area contributed by atoms with E-state index in [4.69, 9.17) is 9.47 Å². The Balaban J connectivity index is 1.65. The minimum atomic E-state index is -0.505. The Hall–Kier alpha value is -3.02. The highest BCUT2D eigenvalue weighted by atomic mass is 16.5. The molecule has 0 aromatic heterocycles. The normalized spacial score (nSPS) is 15.8. The van der Waals surface area contributed by atoms with E-state index in [1.807, 2.05) is 31.2 Å². The van der Waals surface area contributed by atoms with E-state index in [0.29, 0.717) is 30.1 Å². The van der Waals surface area contributed by atoms with Gasteiger partial charge >= 0.3 is 0 Å². The first-order chi connectivity index (χ1) is 12.6. The smallest absolute Gasteiger partial charge is 0.268 e. The molecule has 0 spiro atoms. The summed E-state index contributed by atoms with van der Waals surface area (Å²) in [6, 6.07) is 14.5. The van der Waals surface area contributed by atoms with Gasteiger partial charge in [-0.1, -0.05) is 19.1 Å². The number of carbonyl (C=O) groups excluding carboxylic acids is 2. The number of methoxy groups -OCH3 is 1. The van der Waals surface area contributed by atoms with E-state index in [0.717, 1.165) is 5.75 Å². The van der Waals surface area contributed by atoms with Crippen molar-refractivity contribution in [3.8, 4) is 11.5 Å². The van der Waals surface area contributed by atoms with Gasteiger partial charge in [0.15, 0.2) is 6.10 Å². The molecule has 2 aromatic carbocycles. The Morgan fingerprint density at radius 2 is 1.92 bits per heavy atom. The summed E-state index contributed by atoms with van der Waals surface area (Å²) in [6.07, 6.45) is 0.277. The average Bonchev–Trinajstić information content (AvgIpc) is 2.67. The molecule has 1 heterocycles. The highest BCUT2D eigenvalue weighted by Gasteiger charge is 2.33. The van der Waals surface area contributed by atoms with Gasteiger partial charge in [0, 0.05) is 18.7 Å². The van der Waals surface area contributed by atoms with Crippen LogP contribution in [0.1, 0.15) is 19.8 Å². The predicted molar refractivity (Wildman–Crippen MR) is 99.7 cm³/mol. The lowest BCUT2D eigenvalue weighted by Gasteiger charge is -2.33. The lowest BCUT2D eigenvalue weighted by atomic mass is 10.1. The van der Waals surface area contributed by atoms with Gasteiger partial charge in [0.1, 0.15) is 11.5 Å². The molecule has 2 aromatic rings. The van der Waals surface area contributed by atoms with Crippen molar-refractivity contribution in [2.24, 2.45) is 0 Å². The fourth-order valence-corrected chi connectivity index (χ4v) is 2.88. The molecule has 1 unspecified atom stereocenters. The number of carbonyl (C=O) groups is 2. The molecular formula is C20H22N2O4. The molecule has 0 radical (unpaired) electrons. The van der Waals surface area contributed by atoms with Crippen molar-refractivity contribution in [3.05, 3.63) is 48.5 Å². The molecular weight excluding hydrogens is 332 g/mol. The molecule has 0 saturated heterocycles. The Kier molecular flexibility index (Phi) is 5.41. The maximum Gasteiger partial charge on any atom is 0.268 e. The zero-order chi connectivity index (χ0) is 18.5. The summed E-state index contributed by atoms with van der Waals surface area (Å²) in [5.74, 6) is 1.14. The molecule has 1 N–H and O–H groups in total. The number of para-hydroxylation sites is 2. The first-order valence-electron chi connectivity index (χ1n) is 8.63. The van der Waals surface area contributed by atoms with Crippen LogP contribution in [0.5, 0.6) is 11.5 Å². The van der Waals surface area contributed by atoms with Crippen molar-refractivity contribution in [2.45, 2.75) is 25.9 Å². The van der Waals surface area contributed by atoms with Crippen molar-refractivity contribution in [2.75, 3.05) is 23.9 Å². The van der Waals surface area contributed by atoms with Crippen molar-refractivity contribution < 1.29 is 19.1 Å². The van der Waals surface area contributed by atoms with E-state index in [-0.39, 0.29) is 18.2 Å². The maximum atomic E-state index is 12.6. The summed E-state index contributed by atoms with van der Waals surface area (Å²) in [5.41, 5.74) is 1.40. The molecule has 26 heavy (non-hydrogen) atoms. The first-order valence-corrected chi connectivity index (χ1v) is 8.63. The van der Waals surface area contributed by atoms with Gasteiger partial charge in [0.2, 0.25) is 5.91 Å². The molecule has 1 atom stereocenters. The fourth-order valence-electron chi connectivity index (χ4n) is 2.88. The van der Waals surface area contributed by atoms with Gasteiger partial charge in [-0.05, 0) is 42.8 Å². The maximum absolute atomic E-state index is 12.6. The molecule has 6 heteroatoms. The van der Waals surface area contributed by atoms with Crippen molar-refractivity contribution in [3.63, 3.8) is 0 Å². The Morgan fingerprint density at radius 3 is 2.62 bits per heavy atom. The number of benzene rings is 2. The monoisotopic (exact) mass is 354 g/mol. The van der Waals surface area contributed by atoms with E-state index >= 15 is 0 Å². The van der Waals surface area contributed by atoms with Crippen LogP contribution < -0.4 is 19.7 Å². The summed E-state index contributed by atoms with van der Waals surface area (Å²) in [5, 5.41) is 2.83. The minimum Gasteiger partial charge on any atom is -0.497 e. The van der Waals surface area contributed by atoms with Gasteiger partial charge in [-0.2, -0.15) is 0 Å². The van der Waals surface area contributed by atoms with E-state index in [9.17, 15) is 9.59 Å². The summed E-state index contributed by atoms with van der Waals surface area (Å²) in [4.78, 5) is 26.5. The van der Waals surface area contributed by atoms with Crippen LogP contribution in [0.25, 0.3) is 0 Å². The van der Waals surface area contributed by atoms with Crippen LogP contribution in [-0.4, -0.2) is 31.6 Å². The third-order valence-corrected chi connectivity index (χ3v) is 4.27. The van der Waals surface area contributed by atoms with Crippen LogP contribution in [0.3, 0.4) is 0 Å². The molecule has 1 aliphatic heterocycles. The van der Waals surface area contributed by atoms with Crippen LogP contribution in [0.2, 0.25) is 0 Å². The first kappa shape index (κ1) is 17.8. The van der Waals surface area contributed by atoms with Crippen LogP contribution in [-0.2, 0) is 9.59 Å². The summed E-state index contributed by atoms with van der Waals surface area (Å²) in [7, 11) is 1.59. The lowest BCUT2D eigenvalue weighted by Crippen LogP contribution is -2.46. The van der Waals surface area contributed by atoms with Gasteiger partial charge in [-0.15, -0.1) is 0 Å². The van der Waals surface area contributed by atoms with Gasteiger partial charge in [-0.25, -0.2) is 0 Å². The Morgan fingerprint density at radius 1 is 1.19 bits per heavy atom. The van der Waals surface area contributed by atoms with E-state index < -0.39 is 6.10 Å². The van der Waals surface area contributed by atoms with E-state index in [1.165, 1.54) is 0 Å². The SMILES string of the molecule is CCC1Oc2ccccc2N(CCC(=O)Nc2ccc(OC)cc2)C1=O. The van der Waals surface area contributed by atoms with Crippen LogP contribution in [0.4, 0.5) is 11.4 Å². The molecule has 0 saturated carbocycles. The number of rotatable bonds is 6. The average molecular weight is 354 g/mol. The number of hydrogen-bond acceptors (Lipinski definition) is 4. The molecule has 2 amide bonds. The number of amides is 2. The van der Waals surface area contributed by atoms with Crippen LogP contribution >= 0.6 is 0 Å². The number of ether oxygens (including phenoxy) is 2. The van der Waals surface area contributed by atoms with Crippen molar-refractivity contribution in [1.29, 1.82) is 0 Å². The number of anilines is 2. The fraction of sp³-hybridized carbons (Fsp3) is 0.300. The standard InChI is InChI=1S/C20H22N2O4/c1-3-17-20(24)22(16-6-4-5-7-18(16)26-17)13-12-19(23)21-14-8-10-15(25-2)11-9-14/h4-11,17H,3,12-13H2,1-2H3,(H,21,23). The quantitative estimate of drug-likeness (QED) is 0.865. The highest BCUT2D eigenvalue weighted by molar-refractivity contribution is 6.01. The summed E-state index contributed by atoms with van der Waals surface area (Å²) < 4.78 is 10.8. The third kappa shape index (κ3) is 3.79. The Bertz CT molecular complexity index is 789. The molecule has 1 aliphatic rings. The zero-order valence-electron chi connectivity index (χ0n) is 14.9. The zero-order valence-corrected chi connectivity index (χ0v) is 14.9. The molecule has 6 nitrogen and oxygen atoms in total. The largest absolute Gasteiger partial charge is 0.497 e. The van der Waals surface area contributed by atoms with Crippen molar-refractivity contribution >= 4 is 23.2 Å². The van der Waals surface area contributed by atoms with Crippen LogP contribution in [0.15, 0.2) is 48.5 Å². The summed E-state index contributed by atoms with van der Waals surface area (Å²) in [6.45, 7) is 2.21. The van der Waals surface area contributed by atoms with E-state index in [1.54, 1.807) is 36.3 Å². The summed E-state index contributed by atoms with van der Waals surface area (Å²) >= 11 is 0. The second kappa shape index (κ2) is 7.91. The third-order valence-electron chi connectivity index (χ3n) is 4.27. The number of nitrogens with zero attached hydrogens (tertiary/aromatic N) is 1. The molecule has 0 bridgehead atoms. The van der Waals surface area contributed by atoms with Crippen molar-refractivity contribution in [1.82, 2.24) is 0 Å². The number of fused-ring (bicyclic) bond motifs is 1. The van der Waals surface area contributed by atoms with Gasteiger partial charge < -0.3 is 19.7 Å². The van der Waals surface area contributed by atoms with Gasteiger partial charge in [0.05, 0.1) is 12.8 Å². The lowest BCUT2D eigenvalue weighted by molar-refractivity contribution is -0.126. The molecule has 0 fully saturated rings. The molecule has 136 valence electrons. The predicted octanol–water partition coefficient (Wildman–Crippen LogP) is 3.23. The van der Waals surface area contributed by atoms with Crippen LogP contribution in [0, 0.1) is 0 Å². The van der Waals surface area contributed by atoms with Gasteiger partial charge in [-0.3, -0.25) is 9.59 Å². The second-order valence-electron chi connectivity index (χ2n) is 6.00. The highest BCUT2D eigenvalue weighted by Crippen LogP contribution is 2.34. The Labute approximate surface area is 152 Å². The topological polar surface area (TPSA) is 67.9 Å². The molecule has 0 aliphatic carbocycles. The van der Waals surface area contributed by atoms with Gasteiger partial charge in [0.25, 0.3) is 5.91 Å². The number of nitrogens with one attached hydrogen (secondary N) is 1. The number of hydrogen-bond donors (Lipinski definition) is 1. The molecule has 3 rings (SSSR count). The minimum absolute atomic E-state index is 0.108. The van der Waals surface area contributed by atoms with E-state index in [2.05, 4.69) is 5.32 Å². The second-order valence-corrected chi connectivity index (χ2v) is 6.00.